The summed E-state index contributed by atoms with van der Waals surface area (Å²) in [6.45, 7) is 6.58. The molecule has 1 aromatic carbocycles. The van der Waals surface area contributed by atoms with Crippen molar-refractivity contribution in [3.63, 3.8) is 0 Å². The van der Waals surface area contributed by atoms with Gasteiger partial charge in [-0.05, 0) is 30.4 Å². The molecule has 0 bridgehead atoms. The quantitative estimate of drug-likeness (QED) is 0.843. The summed E-state index contributed by atoms with van der Waals surface area (Å²) >= 11 is 0. The van der Waals surface area contributed by atoms with Gasteiger partial charge in [-0.2, -0.15) is 0 Å². The Morgan fingerprint density at radius 2 is 2.10 bits per heavy atom. The number of hydrogen-bond donors (Lipinski definition) is 1. The molecule has 0 saturated carbocycles. The molecule has 0 spiro atoms. The van der Waals surface area contributed by atoms with Gasteiger partial charge in [-0.3, -0.25) is 4.79 Å². The van der Waals surface area contributed by atoms with Crippen LogP contribution in [0.25, 0.3) is 10.9 Å². The van der Waals surface area contributed by atoms with Crippen LogP contribution in [0.2, 0.25) is 0 Å². The third kappa shape index (κ3) is 2.06. The fraction of sp³-hybridized carbons (Fsp3) is 0.500. The van der Waals surface area contributed by atoms with E-state index >= 15 is 0 Å². The minimum atomic E-state index is -0.0779. The highest BCUT2D eigenvalue weighted by Gasteiger charge is 2.44. The topological polar surface area (TPSA) is 42.1 Å². The highest BCUT2D eigenvalue weighted by atomic mass is 16.5. The summed E-state index contributed by atoms with van der Waals surface area (Å²) in [5.41, 5.74) is 3.73. The first-order chi connectivity index (χ1) is 9.99. The van der Waals surface area contributed by atoms with E-state index in [0.717, 1.165) is 12.8 Å². The molecule has 1 aromatic heterocycles. The molecule has 3 nitrogen and oxygen atoms in total. The van der Waals surface area contributed by atoms with Gasteiger partial charge in [-0.1, -0.05) is 39.0 Å². The molecule has 0 aliphatic heterocycles. The lowest BCUT2D eigenvalue weighted by molar-refractivity contribution is -0.147. The zero-order valence-electron chi connectivity index (χ0n) is 13.2. The Bertz CT molecular complexity index is 684. The normalized spacial score (nSPS) is 23.8. The first kappa shape index (κ1) is 14.2. The summed E-state index contributed by atoms with van der Waals surface area (Å²) in [6, 6.07) is 8.39. The molecule has 0 amide bonds. The van der Waals surface area contributed by atoms with Crippen molar-refractivity contribution in [3.8, 4) is 0 Å². The number of aromatic amines is 1. The van der Waals surface area contributed by atoms with Gasteiger partial charge < -0.3 is 9.72 Å². The van der Waals surface area contributed by atoms with Crippen molar-refractivity contribution in [2.45, 2.75) is 44.9 Å². The average Bonchev–Trinajstić information content (AvgIpc) is 2.87. The highest BCUT2D eigenvalue weighted by molar-refractivity contribution is 5.87. The molecule has 0 radical (unpaired) electrons. The van der Waals surface area contributed by atoms with E-state index in [0.29, 0.717) is 0 Å². The summed E-state index contributed by atoms with van der Waals surface area (Å²) in [7, 11) is 1.49. The van der Waals surface area contributed by atoms with Gasteiger partial charge in [0.1, 0.15) is 0 Å². The number of fused-ring (bicyclic) bond motifs is 3. The number of rotatable bonds is 2. The third-order valence-electron chi connectivity index (χ3n) is 4.95. The number of ether oxygens (including phenoxy) is 1. The largest absolute Gasteiger partial charge is 0.469 e. The number of carbonyl (C=O) groups is 1. The lowest BCUT2D eigenvalue weighted by Gasteiger charge is -2.39. The molecular weight excluding hydrogens is 262 g/mol. The smallest absolute Gasteiger partial charge is 0.309 e. The average molecular weight is 285 g/mol. The zero-order chi connectivity index (χ0) is 15.2. The van der Waals surface area contributed by atoms with Gasteiger partial charge in [0.15, 0.2) is 0 Å². The van der Waals surface area contributed by atoms with Crippen molar-refractivity contribution in [1.29, 1.82) is 0 Å². The molecule has 3 heteroatoms. The fourth-order valence-corrected chi connectivity index (χ4v) is 3.97. The van der Waals surface area contributed by atoms with Gasteiger partial charge in [0.25, 0.3) is 0 Å². The van der Waals surface area contributed by atoms with Crippen molar-refractivity contribution < 1.29 is 9.53 Å². The van der Waals surface area contributed by atoms with Crippen LogP contribution in [0.15, 0.2) is 24.3 Å². The van der Waals surface area contributed by atoms with Crippen LogP contribution in [0.1, 0.15) is 50.8 Å². The lowest BCUT2D eigenvalue weighted by atomic mass is 9.65. The Hall–Kier alpha value is -1.77. The maximum Gasteiger partial charge on any atom is 0.309 e. The summed E-state index contributed by atoms with van der Waals surface area (Å²) < 4.78 is 5.07. The molecule has 1 aliphatic rings. The number of para-hydroxylation sites is 1. The summed E-state index contributed by atoms with van der Waals surface area (Å²) in [4.78, 5) is 15.9. The van der Waals surface area contributed by atoms with Crippen LogP contribution in [0, 0.1) is 5.92 Å². The van der Waals surface area contributed by atoms with Crippen LogP contribution in [0.4, 0.5) is 0 Å². The van der Waals surface area contributed by atoms with Crippen LogP contribution < -0.4 is 0 Å². The molecule has 0 fully saturated rings. The van der Waals surface area contributed by atoms with E-state index in [-0.39, 0.29) is 23.2 Å². The number of H-pyrrole nitrogens is 1. The number of hydrogen-bond acceptors (Lipinski definition) is 2. The number of nitrogens with one attached hydrogen (secondary N) is 1. The molecule has 1 aliphatic carbocycles. The summed E-state index contributed by atoms with van der Waals surface area (Å²) in [6.07, 6.45) is 1.78. The van der Waals surface area contributed by atoms with Crippen LogP contribution in [-0.2, 0) is 14.9 Å². The van der Waals surface area contributed by atoms with E-state index in [9.17, 15) is 4.79 Å². The maximum absolute atomic E-state index is 12.3. The predicted molar refractivity (Wildman–Crippen MR) is 84.5 cm³/mol. The number of esters is 1. The zero-order valence-corrected chi connectivity index (χ0v) is 13.2. The Kier molecular flexibility index (Phi) is 3.31. The van der Waals surface area contributed by atoms with Gasteiger partial charge in [0, 0.05) is 22.0 Å². The van der Waals surface area contributed by atoms with Crippen LogP contribution in [-0.4, -0.2) is 18.1 Å². The monoisotopic (exact) mass is 285 g/mol. The second-order valence-electron chi connectivity index (χ2n) is 6.69. The Balaban J connectivity index is 2.25. The molecule has 0 saturated heterocycles. The Labute approximate surface area is 125 Å². The van der Waals surface area contributed by atoms with Gasteiger partial charge in [-0.15, -0.1) is 0 Å². The molecule has 2 aromatic rings. The van der Waals surface area contributed by atoms with E-state index < -0.39 is 0 Å². The minimum absolute atomic E-state index is 0.0428. The predicted octanol–water partition coefficient (Wildman–Crippen LogP) is 4.13. The fourth-order valence-electron chi connectivity index (χ4n) is 3.97. The third-order valence-corrected chi connectivity index (χ3v) is 4.95. The maximum atomic E-state index is 12.3. The minimum Gasteiger partial charge on any atom is -0.469 e. The van der Waals surface area contributed by atoms with Gasteiger partial charge >= 0.3 is 5.97 Å². The number of methoxy groups -OCH3 is 1. The van der Waals surface area contributed by atoms with Crippen molar-refractivity contribution in [1.82, 2.24) is 4.98 Å². The van der Waals surface area contributed by atoms with Crippen molar-refractivity contribution >= 4 is 16.9 Å². The second-order valence-corrected chi connectivity index (χ2v) is 6.69. The Morgan fingerprint density at radius 1 is 1.38 bits per heavy atom. The van der Waals surface area contributed by atoms with Gasteiger partial charge in [0.05, 0.1) is 13.0 Å². The molecule has 112 valence electrons. The van der Waals surface area contributed by atoms with Gasteiger partial charge in [-0.25, -0.2) is 0 Å². The molecule has 1 heterocycles. The number of benzene rings is 1. The first-order valence-electron chi connectivity index (χ1n) is 7.68. The van der Waals surface area contributed by atoms with Crippen molar-refractivity contribution in [2.24, 2.45) is 5.92 Å². The van der Waals surface area contributed by atoms with Crippen LogP contribution >= 0.6 is 0 Å². The van der Waals surface area contributed by atoms with Crippen molar-refractivity contribution in [2.75, 3.05) is 7.11 Å². The molecule has 0 unspecified atom stereocenters. The standard InChI is InChI=1S/C18H23NO2/c1-5-11-13(17(20)21-4)10-18(2,3)16-15(11)12-8-6-7-9-14(12)19-16/h6-9,11,13,19H,5,10H2,1-4H3/t11-,13-/m1/s1. The summed E-state index contributed by atoms with van der Waals surface area (Å²) in [5.74, 6) is 0.101. The van der Waals surface area contributed by atoms with E-state index in [1.165, 1.54) is 29.3 Å². The van der Waals surface area contributed by atoms with Crippen molar-refractivity contribution in [3.05, 3.63) is 35.5 Å². The summed E-state index contributed by atoms with van der Waals surface area (Å²) in [5, 5.41) is 1.25. The van der Waals surface area contributed by atoms with Crippen LogP contribution in [0.3, 0.4) is 0 Å². The molecule has 2 atom stereocenters. The second kappa shape index (κ2) is 4.90. The SMILES string of the molecule is CC[C@H]1c2c([nH]c3ccccc23)C(C)(C)C[C@H]1C(=O)OC. The molecule has 3 rings (SSSR count). The molecule has 21 heavy (non-hydrogen) atoms. The Morgan fingerprint density at radius 3 is 2.76 bits per heavy atom. The number of carbonyl (C=O) groups excluding carboxylic acids is 1. The molecule has 1 N–H and O–H groups in total. The number of aromatic nitrogens is 1. The van der Waals surface area contributed by atoms with Gasteiger partial charge in [0.2, 0.25) is 0 Å². The van der Waals surface area contributed by atoms with E-state index in [1.54, 1.807) is 0 Å². The first-order valence-corrected chi connectivity index (χ1v) is 7.68. The lowest BCUT2D eigenvalue weighted by Crippen LogP contribution is -2.37. The van der Waals surface area contributed by atoms with Crippen LogP contribution in [0.5, 0.6) is 0 Å². The van der Waals surface area contributed by atoms with E-state index in [2.05, 4.69) is 50.0 Å². The molecular formula is C18H23NO2. The van der Waals surface area contributed by atoms with E-state index in [1.807, 2.05) is 0 Å². The van der Waals surface area contributed by atoms with E-state index in [4.69, 9.17) is 4.74 Å². The highest BCUT2D eigenvalue weighted by Crippen LogP contribution is 2.49.